The first-order valence-corrected chi connectivity index (χ1v) is 9.12. The van der Waals surface area contributed by atoms with Crippen molar-refractivity contribution in [3.63, 3.8) is 0 Å². The fourth-order valence-electron chi connectivity index (χ4n) is 6.12. The Labute approximate surface area is 134 Å². The van der Waals surface area contributed by atoms with Crippen LogP contribution in [0.2, 0.25) is 0 Å². The Hall–Kier alpha value is -1.02. The second kappa shape index (κ2) is 5.26. The highest BCUT2D eigenvalue weighted by Crippen LogP contribution is 2.65. The molecule has 1 aromatic carbocycles. The van der Waals surface area contributed by atoms with Crippen LogP contribution in [0, 0.1) is 11.3 Å². The number of rotatable bonds is 4. The van der Waals surface area contributed by atoms with Crippen LogP contribution >= 0.6 is 0 Å². The van der Waals surface area contributed by atoms with Gasteiger partial charge in [0.05, 0.1) is 6.61 Å². The summed E-state index contributed by atoms with van der Waals surface area (Å²) in [6, 6.07) is 6.92. The molecule has 1 spiro atoms. The monoisotopic (exact) mass is 299 g/mol. The van der Waals surface area contributed by atoms with Gasteiger partial charge in [-0.15, -0.1) is 0 Å². The van der Waals surface area contributed by atoms with Crippen LogP contribution in [-0.4, -0.2) is 20.2 Å². The highest BCUT2D eigenvalue weighted by molar-refractivity contribution is 5.45. The summed E-state index contributed by atoms with van der Waals surface area (Å²) in [5, 5.41) is 3.49. The summed E-state index contributed by atoms with van der Waals surface area (Å²) in [4.78, 5) is 0. The van der Waals surface area contributed by atoms with E-state index in [1.807, 2.05) is 0 Å². The molecular weight excluding hydrogens is 270 g/mol. The SMILES string of the molecule is CCOc1ccc2c(c1)[C@]13CCC[C@@](CNC)(CC1CC2)C3. The van der Waals surface area contributed by atoms with Gasteiger partial charge in [-0.05, 0) is 92.5 Å². The van der Waals surface area contributed by atoms with E-state index in [1.54, 1.807) is 11.1 Å². The molecule has 0 amide bonds. The van der Waals surface area contributed by atoms with Gasteiger partial charge in [0.15, 0.2) is 0 Å². The van der Waals surface area contributed by atoms with Crippen LogP contribution in [0.3, 0.4) is 0 Å². The smallest absolute Gasteiger partial charge is 0.119 e. The van der Waals surface area contributed by atoms with E-state index in [2.05, 4.69) is 37.5 Å². The van der Waals surface area contributed by atoms with Gasteiger partial charge in [0.1, 0.15) is 5.75 Å². The maximum absolute atomic E-state index is 5.82. The number of aryl methyl sites for hydroxylation is 1. The highest BCUT2D eigenvalue weighted by atomic mass is 16.5. The average molecular weight is 299 g/mol. The molecule has 4 rings (SSSR count). The molecule has 1 unspecified atom stereocenters. The molecule has 0 saturated heterocycles. The summed E-state index contributed by atoms with van der Waals surface area (Å²) < 4.78 is 5.82. The molecule has 3 atom stereocenters. The first kappa shape index (κ1) is 14.6. The Morgan fingerprint density at radius 3 is 3.05 bits per heavy atom. The summed E-state index contributed by atoms with van der Waals surface area (Å²) >= 11 is 0. The van der Waals surface area contributed by atoms with Gasteiger partial charge < -0.3 is 10.1 Å². The molecule has 2 bridgehead atoms. The Morgan fingerprint density at radius 2 is 2.23 bits per heavy atom. The highest BCUT2D eigenvalue weighted by Gasteiger charge is 2.58. The van der Waals surface area contributed by atoms with Crippen molar-refractivity contribution in [2.45, 2.75) is 57.3 Å². The van der Waals surface area contributed by atoms with Crippen LogP contribution in [0.5, 0.6) is 5.75 Å². The van der Waals surface area contributed by atoms with Gasteiger partial charge in [0.25, 0.3) is 0 Å². The number of hydrogen-bond acceptors (Lipinski definition) is 2. The summed E-state index contributed by atoms with van der Waals surface area (Å²) in [7, 11) is 2.12. The van der Waals surface area contributed by atoms with Crippen molar-refractivity contribution in [3.8, 4) is 5.75 Å². The van der Waals surface area contributed by atoms with Crippen molar-refractivity contribution in [2.75, 3.05) is 20.2 Å². The van der Waals surface area contributed by atoms with Gasteiger partial charge >= 0.3 is 0 Å². The summed E-state index contributed by atoms with van der Waals surface area (Å²) in [6.45, 7) is 4.04. The number of hydrogen-bond donors (Lipinski definition) is 1. The summed E-state index contributed by atoms with van der Waals surface area (Å²) in [6.07, 6.45) is 9.71. The molecular formula is C20H29NO. The van der Waals surface area contributed by atoms with Crippen LogP contribution in [-0.2, 0) is 11.8 Å². The molecule has 0 aliphatic heterocycles. The Balaban J connectivity index is 1.76. The largest absolute Gasteiger partial charge is 0.494 e. The molecule has 1 aromatic rings. The Bertz CT molecular complexity index is 565. The molecule has 1 N–H and O–H groups in total. The normalized spacial score (nSPS) is 35.8. The fraction of sp³-hybridized carbons (Fsp3) is 0.700. The van der Waals surface area contributed by atoms with E-state index in [0.717, 1.165) is 18.3 Å². The second-order valence-corrected chi connectivity index (χ2v) is 7.91. The molecule has 0 aromatic heterocycles. The van der Waals surface area contributed by atoms with E-state index in [-0.39, 0.29) is 0 Å². The lowest BCUT2D eigenvalue weighted by Gasteiger charge is -2.45. The molecule has 3 aliphatic carbocycles. The molecule has 120 valence electrons. The lowest BCUT2D eigenvalue weighted by molar-refractivity contribution is 0.177. The first-order valence-electron chi connectivity index (χ1n) is 9.12. The Kier molecular flexibility index (Phi) is 3.48. The lowest BCUT2D eigenvalue weighted by atomic mass is 9.60. The number of benzene rings is 1. The van der Waals surface area contributed by atoms with Crippen LogP contribution in [0.4, 0.5) is 0 Å². The molecule has 0 radical (unpaired) electrons. The van der Waals surface area contributed by atoms with Crippen molar-refractivity contribution < 1.29 is 4.74 Å². The predicted molar refractivity (Wildman–Crippen MR) is 90.5 cm³/mol. The maximum Gasteiger partial charge on any atom is 0.119 e. The standard InChI is InChI=1S/C20H29NO/c1-3-22-17-8-6-15-5-7-16-12-19(14-21-2)9-4-10-20(16,13-19)18(15)11-17/h6,8,11,16,21H,3-5,7,9-10,12-14H2,1-2H3/t16?,19-,20+/m1/s1. The van der Waals surface area contributed by atoms with Crippen LogP contribution in [0.1, 0.15) is 56.6 Å². The van der Waals surface area contributed by atoms with Crippen molar-refractivity contribution in [3.05, 3.63) is 29.3 Å². The number of fused-ring (bicyclic) bond motifs is 2. The minimum Gasteiger partial charge on any atom is -0.494 e. The van der Waals surface area contributed by atoms with E-state index >= 15 is 0 Å². The fourth-order valence-corrected chi connectivity index (χ4v) is 6.12. The van der Waals surface area contributed by atoms with E-state index in [0.29, 0.717) is 10.8 Å². The van der Waals surface area contributed by atoms with E-state index in [4.69, 9.17) is 4.74 Å². The number of nitrogens with one attached hydrogen (secondary N) is 1. The van der Waals surface area contributed by atoms with Gasteiger partial charge in [-0.25, -0.2) is 0 Å². The van der Waals surface area contributed by atoms with Crippen LogP contribution in [0.25, 0.3) is 0 Å². The van der Waals surface area contributed by atoms with E-state index < -0.39 is 0 Å². The molecule has 2 nitrogen and oxygen atoms in total. The second-order valence-electron chi connectivity index (χ2n) is 7.91. The van der Waals surface area contributed by atoms with Crippen molar-refractivity contribution in [1.29, 1.82) is 0 Å². The first-order chi connectivity index (χ1) is 10.7. The zero-order chi connectivity index (χ0) is 15.2. The van der Waals surface area contributed by atoms with Gasteiger partial charge in [0.2, 0.25) is 0 Å². The van der Waals surface area contributed by atoms with Crippen molar-refractivity contribution >= 4 is 0 Å². The lowest BCUT2D eigenvalue weighted by Crippen LogP contribution is -2.40. The predicted octanol–water partition coefficient (Wildman–Crippen LogP) is 4.07. The molecule has 0 heterocycles. The van der Waals surface area contributed by atoms with Gasteiger partial charge in [-0.2, -0.15) is 0 Å². The molecule has 2 saturated carbocycles. The van der Waals surface area contributed by atoms with Gasteiger partial charge in [-0.3, -0.25) is 0 Å². The Morgan fingerprint density at radius 1 is 1.32 bits per heavy atom. The zero-order valence-electron chi connectivity index (χ0n) is 14.1. The third kappa shape index (κ3) is 2.03. The molecule has 22 heavy (non-hydrogen) atoms. The maximum atomic E-state index is 5.82. The molecule has 2 fully saturated rings. The van der Waals surface area contributed by atoms with E-state index in [1.165, 1.54) is 51.5 Å². The van der Waals surface area contributed by atoms with Crippen molar-refractivity contribution in [2.24, 2.45) is 11.3 Å². The minimum absolute atomic E-state index is 0.454. The number of ether oxygens (including phenoxy) is 1. The molecule has 2 heteroatoms. The van der Waals surface area contributed by atoms with E-state index in [9.17, 15) is 0 Å². The topological polar surface area (TPSA) is 21.3 Å². The summed E-state index contributed by atoms with van der Waals surface area (Å²) in [5.74, 6) is 1.97. The average Bonchev–Trinajstić information content (AvgIpc) is 2.75. The molecule has 3 aliphatic rings. The van der Waals surface area contributed by atoms with Crippen molar-refractivity contribution in [1.82, 2.24) is 5.32 Å². The quantitative estimate of drug-likeness (QED) is 0.905. The third-order valence-corrected chi connectivity index (χ3v) is 6.72. The third-order valence-electron chi connectivity index (χ3n) is 6.72. The minimum atomic E-state index is 0.454. The van der Waals surface area contributed by atoms with Crippen LogP contribution < -0.4 is 10.1 Å². The van der Waals surface area contributed by atoms with Gasteiger partial charge in [-0.1, -0.05) is 12.5 Å². The van der Waals surface area contributed by atoms with Gasteiger partial charge in [0, 0.05) is 6.54 Å². The summed E-state index contributed by atoms with van der Waals surface area (Å²) in [5.41, 5.74) is 4.26. The zero-order valence-corrected chi connectivity index (χ0v) is 14.1. The van der Waals surface area contributed by atoms with Crippen LogP contribution in [0.15, 0.2) is 18.2 Å².